The van der Waals surface area contributed by atoms with Crippen molar-refractivity contribution in [2.45, 2.75) is 18.6 Å². The van der Waals surface area contributed by atoms with Crippen molar-refractivity contribution in [1.82, 2.24) is 28.3 Å². The summed E-state index contributed by atoms with van der Waals surface area (Å²) in [6.07, 6.45) is 0. The van der Waals surface area contributed by atoms with E-state index in [2.05, 4.69) is 10.2 Å². The highest BCUT2D eigenvalue weighted by Crippen LogP contribution is 2.24. The fraction of sp³-hybridized carbons (Fsp3) is 0.316. The topological polar surface area (TPSA) is 105 Å². The van der Waals surface area contributed by atoms with E-state index in [0.717, 1.165) is 21.9 Å². The van der Waals surface area contributed by atoms with E-state index >= 15 is 0 Å². The Kier molecular flexibility index (Phi) is 5.39. The van der Waals surface area contributed by atoms with Crippen LogP contribution >= 0.6 is 11.8 Å². The summed E-state index contributed by atoms with van der Waals surface area (Å²) < 4.78 is 23.8. The summed E-state index contributed by atoms with van der Waals surface area (Å²) in [6.45, 7) is 2.20. The third-order valence-electron chi connectivity index (χ3n) is 4.83. The molecule has 0 spiro atoms. The fourth-order valence-electron chi connectivity index (χ4n) is 3.39. The molecule has 31 heavy (non-hydrogen) atoms. The Balaban J connectivity index is 1.95. The maximum absolute atomic E-state index is 13.3. The molecule has 0 amide bonds. The first-order valence-corrected chi connectivity index (χ1v) is 10.4. The molecule has 1 aromatic carbocycles. The number of halogens is 1. The van der Waals surface area contributed by atoms with Crippen molar-refractivity contribution in [1.29, 1.82) is 0 Å². The molecule has 4 aromatic rings. The molecule has 0 unspecified atom stereocenters. The molecule has 0 N–H and O–H groups in total. The Hall–Kier alpha value is -3.41. The number of carbonyl (C=O) groups excluding carboxylic acids is 1. The summed E-state index contributed by atoms with van der Waals surface area (Å²) in [4.78, 5) is 37.4. The maximum atomic E-state index is 13.3. The maximum Gasteiger partial charge on any atom is 0.332 e. The number of esters is 1. The first-order chi connectivity index (χ1) is 14.8. The minimum Gasteiger partial charge on any atom is -0.465 e. The summed E-state index contributed by atoms with van der Waals surface area (Å²) >= 11 is 1.08. The molecule has 0 saturated carbocycles. The van der Waals surface area contributed by atoms with Crippen LogP contribution in [0.25, 0.3) is 16.9 Å². The summed E-state index contributed by atoms with van der Waals surface area (Å²) in [5.74, 6) is -0.470. The van der Waals surface area contributed by atoms with Crippen LogP contribution in [0, 0.1) is 5.82 Å². The molecule has 0 aliphatic heterocycles. The minimum atomic E-state index is -0.515. The molecule has 3 aromatic heterocycles. The SMILES string of the molecule is CCOC(=O)CSc1nnc2n(Cc3ccc(F)cc3)c3c(c(=O)n(C)c(=O)n3C)n12. The molecule has 0 aliphatic carbocycles. The van der Waals surface area contributed by atoms with Crippen molar-refractivity contribution < 1.29 is 13.9 Å². The number of aromatic nitrogens is 6. The number of aryl methyl sites for hydroxylation is 1. The van der Waals surface area contributed by atoms with Crippen LogP contribution in [0.15, 0.2) is 39.0 Å². The predicted octanol–water partition coefficient (Wildman–Crippen LogP) is 0.924. The summed E-state index contributed by atoms with van der Waals surface area (Å²) in [7, 11) is 2.95. The van der Waals surface area contributed by atoms with Crippen molar-refractivity contribution in [2.75, 3.05) is 12.4 Å². The molecule has 0 radical (unpaired) electrons. The molecule has 0 bridgehead atoms. The molecule has 162 valence electrons. The lowest BCUT2D eigenvalue weighted by atomic mass is 10.2. The van der Waals surface area contributed by atoms with Gasteiger partial charge in [-0.2, -0.15) is 0 Å². The van der Waals surface area contributed by atoms with Crippen LogP contribution in [0.3, 0.4) is 0 Å². The van der Waals surface area contributed by atoms with Crippen molar-refractivity contribution in [3.63, 3.8) is 0 Å². The standard InChI is InChI=1S/C19H19FN6O4S/c1-4-30-13(27)10-31-18-22-21-17-25(9-11-5-7-12(20)8-6-11)15-14(26(17)18)16(28)24(3)19(29)23(15)2/h5-8H,4,9-10H2,1-3H3. The normalized spacial score (nSPS) is 11.5. The highest BCUT2D eigenvalue weighted by molar-refractivity contribution is 7.99. The monoisotopic (exact) mass is 446 g/mol. The Bertz CT molecular complexity index is 1420. The molecule has 3 heterocycles. The van der Waals surface area contributed by atoms with Gasteiger partial charge in [-0.15, -0.1) is 10.2 Å². The largest absolute Gasteiger partial charge is 0.465 e. The highest BCUT2D eigenvalue weighted by Gasteiger charge is 2.24. The van der Waals surface area contributed by atoms with E-state index < -0.39 is 17.2 Å². The molecule has 0 atom stereocenters. The first-order valence-electron chi connectivity index (χ1n) is 9.39. The fourth-order valence-corrected chi connectivity index (χ4v) is 4.12. The van der Waals surface area contributed by atoms with Crippen molar-refractivity contribution >= 4 is 34.7 Å². The Morgan fingerprint density at radius 1 is 1.13 bits per heavy atom. The van der Waals surface area contributed by atoms with E-state index in [1.807, 2.05) is 0 Å². The van der Waals surface area contributed by atoms with Crippen LogP contribution < -0.4 is 11.2 Å². The van der Waals surface area contributed by atoms with Crippen LogP contribution in [0.1, 0.15) is 12.5 Å². The zero-order valence-electron chi connectivity index (χ0n) is 17.0. The summed E-state index contributed by atoms with van der Waals surface area (Å²) in [5.41, 5.74) is 0.294. The molecule has 0 aliphatic rings. The second-order valence-corrected chi connectivity index (χ2v) is 7.74. The van der Waals surface area contributed by atoms with Gasteiger partial charge in [0.1, 0.15) is 11.5 Å². The van der Waals surface area contributed by atoms with E-state index in [1.54, 1.807) is 30.7 Å². The lowest BCUT2D eigenvalue weighted by Gasteiger charge is -2.09. The minimum absolute atomic E-state index is 0.00858. The number of nitrogens with zero attached hydrogens (tertiary/aromatic N) is 6. The van der Waals surface area contributed by atoms with Gasteiger partial charge in [0.05, 0.1) is 18.9 Å². The van der Waals surface area contributed by atoms with Crippen LogP contribution in [0.2, 0.25) is 0 Å². The number of hydrogen-bond donors (Lipinski definition) is 0. The van der Waals surface area contributed by atoms with Crippen LogP contribution in [0.4, 0.5) is 4.39 Å². The van der Waals surface area contributed by atoms with E-state index in [1.165, 1.54) is 28.1 Å². The van der Waals surface area contributed by atoms with Crippen molar-refractivity contribution in [3.8, 4) is 0 Å². The van der Waals surface area contributed by atoms with Gasteiger partial charge >= 0.3 is 11.7 Å². The van der Waals surface area contributed by atoms with Gasteiger partial charge in [-0.05, 0) is 24.6 Å². The first kappa shape index (κ1) is 20.8. The number of benzene rings is 1. The summed E-state index contributed by atoms with van der Waals surface area (Å²) in [5, 5.41) is 8.65. The number of hydrogen-bond acceptors (Lipinski definition) is 7. The third-order valence-corrected chi connectivity index (χ3v) is 5.73. The van der Waals surface area contributed by atoms with Gasteiger partial charge in [-0.25, -0.2) is 13.6 Å². The quantitative estimate of drug-likeness (QED) is 0.320. The van der Waals surface area contributed by atoms with Crippen LogP contribution in [-0.2, 0) is 30.2 Å². The average molecular weight is 446 g/mol. The van der Waals surface area contributed by atoms with Gasteiger partial charge in [0.2, 0.25) is 5.78 Å². The van der Waals surface area contributed by atoms with Gasteiger partial charge in [0.15, 0.2) is 10.7 Å². The van der Waals surface area contributed by atoms with Gasteiger partial charge in [0, 0.05) is 14.1 Å². The number of carbonyl (C=O) groups is 1. The number of ether oxygens (including phenoxy) is 1. The third kappa shape index (κ3) is 3.52. The second kappa shape index (κ2) is 8.02. The molecule has 4 rings (SSSR count). The zero-order chi connectivity index (χ0) is 22.3. The van der Waals surface area contributed by atoms with Gasteiger partial charge in [-0.1, -0.05) is 23.9 Å². The Morgan fingerprint density at radius 3 is 2.52 bits per heavy atom. The van der Waals surface area contributed by atoms with Crippen LogP contribution in [-0.4, -0.2) is 46.6 Å². The smallest absolute Gasteiger partial charge is 0.332 e. The molecular weight excluding hydrogens is 427 g/mol. The van der Waals surface area contributed by atoms with E-state index in [4.69, 9.17) is 4.74 Å². The van der Waals surface area contributed by atoms with Gasteiger partial charge < -0.3 is 4.74 Å². The predicted molar refractivity (Wildman–Crippen MR) is 112 cm³/mol. The van der Waals surface area contributed by atoms with Gasteiger partial charge in [-0.3, -0.25) is 23.3 Å². The number of rotatable bonds is 6. The van der Waals surface area contributed by atoms with Crippen molar-refractivity contribution in [2.24, 2.45) is 14.1 Å². The lowest BCUT2D eigenvalue weighted by Crippen LogP contribution is -2.37. The van der Waals surface area contributed by atoms with E-state index in [9.17, 15) is 18.8 Å². The lowest BCUT2D eigenvalue weighted by molar-refractivity contribution is -0.139. The Labute approximate surface area is 178 Å². The average Bonchev–Trinajstić information content (AvgIpc) is 3.30. The molecule has 0 saturated heterocycles. The van der Waals surface area contributed by atoms with Crippen molar-refractivity contribution in [3.05, 3.63) is 56.5 Å². The number of thioether (sulfide) groups is 1. The van der Waals surface area contributed by atoms with Crippen LogP contribution in [0.5, 0.6) is 0 Å². The molecule has 10 nitrogen and oxygen atoms in total. The summed E-state index contributed by atoms with van der Waals surface area (Å²) in [6, 6.07) is 5.90. The highest BCUT2D eigenvalue weighted by atomic mass is 32.2. The number of fused-ring (bicyclic) bond motifs is 3. The van der Waals surface area contributed by atoms with Gasteiger partial charge in [0.25, 0.3) is 5.56 Å². The Morgan fingerprint density at radius 2 is 1.84 bits per heavy atom. The second-order valence-electron chi connectivity index (χ2n) is 6.80. The zero-order valence-corrected chi connectivity index (χ0v) is 17.8. The van der Waals surface area contributed by atoms with E-state index in [-0.39, 0.29) is 30.2 Å². The molecule has 0 fully saturated rings. The molecular formula is C19H19FN6O4S. The molecule has 12 heteroatoms. The number of imidazole rings is 1. The van der Waals surface area contributed by atoms with E-state index in [0.29, 0.717) is 16.6 Å².